The predicted octanol–water partition coefficient (Wildman–Crippen LogP) is 3.14. The fourth-order valence-electron chi connectivity index (χ4n) is 2.24. The van der Waals surface area contributed by atoms with E-state index in [9.17, 15) is 0 Å². The predicted molar refractivity (Wildman–Crippen MR) is 73.0 cm³/mol. The molecule has 0 aromatic rings. The summed E-state index contributed by atoms with van der Waals surface area (Å²) in [6.45, 7) is 9.09. The van der Waals surface area contributed by atoms with E-state index in [0.29, 0.717) is 5.41 Å². The van der Waals surface area contributed by atoms with E-state index in [0.717, 1.165) is 24.9 Å². The summed E-state index contributed by atoms with van der Waals surface area (Å²) < 4.78 is 0. The van der Waals surface area contributed by atoms with Crippen molar-refractivity contribution >= 4 is 16.9 Å². The first kappa shape index (κ1) is 12.3. The second-order valence-electron chi connectivity index (χ2n) is 5.47. The first-order valence-corrected chi connectivity index (χ1v) is 7.59. The molecule has 2 aliphatic rings. The van der Waals surface area contributed by atoms with Crippen LogP contribution in [0.15, 0.2) is 4.99 Å². The van der Waals surface area contributed by atoms with Crippen LogP contribution in [0.1, 0.15) is 40.0 Å². The molecule has 1 N–H and O–H groups in total. The molecule has 16 heavy (non-hydrogen) atoms. The molecule has 1 fully saturated rings. The number of hydrogen-bond donors (Lipinski definition) is 1. The first-order valence-electron chi connectivity index (χ1n) is 6.60. The number of hydrogen-bond acceptors (Lipinski definition) is 3. The molecule has 0 saturated heterocycles. The Bertz CT molecular complexity index is 271. The fraction of sp³-hybridized carbons (Fsp3) is 0.923. The maximum Gasteiger partial charge on any atom is 0.156 e. The van der Waals surface area contributed by atoms with Crippen LogP contribution in [0.25, 0.3) is 0 Å². The molecule has 0 radical (unpaired) electrons. The Labute approximate surface area is 104 Å². The van der Waals surface area contributed by atoms with Gasteiger partial charge in [-0.25, -0.2) is 0 Å². The van der Waals surface area contributed by atoms with Gasteiger partial charge in [-0.2, -0.15) is 0 Å². The third-order valence-electron chi connectivity index (χ3n) is 4.36. The third-order valence-corrected chi connectivity index (χ3v) is 5.67. The van der Waals surface area contributed by atoms with Crippen LogP contribution in [0, 0.1) is 17.3 Å². The van der Waals surface area contributed by atoms with Gasteiger partial charge in [0.1, 0.15) is 0 Å². The highest BCUT2D eigenvalue weighted by molar-refractivity contribution is 8.13. The lowest BCUT2D eigenvalue weighted by atomic mass is 9.84. The molecule has 1 saturated carbocycles. The molecule has 3 heteroatoms. The first-order chi connectivity index (χ1) is 7.69. The van der Waals surface area contributed by atoms with Crippen molar-refractivity contribution in [3.05, 3.63) is 0 Å². The monoisotopic (exact) mass is 240 g/mol. The standard InChI is InChI=1S/C13H24N2S/c1-4-13(5-2)8-15-12(16-9-13)14-7-11-6-10(11)3/h10-11H,4-9H2,1-3H3,(H,14,15). The number of aliphatic imine (C=N–C) groups is 1. The van der Waals surface area contributed by atoms with Crippen LogP contribution in [-0.4, -0.2) is 24.0 Å². The van der Waals surface area contributed by atoms with Crippen molar-refractivity contribution in [2.24, 2.45) is 22.2 Å². The number of nitrogens with one attached hydrogen (secondary N) is 1. The minimum absolute atomic E-state index is 0.475. The molecule has 2 atom stereocenters. The summed E-state index contributed by atoms with van der Waals surface area (Å²) in [6, 6.07) is 0. The van der Waals surface area contributed by atoms with Crippen LogP contribution >= 0.6 is 11.8 Å². The van der Waals surface area contributed by atoms with Crippen LogP contribution in [0.3, 0.4) is 0 Å². The highest BCUT2D eigenvalue weighted by atomic mass is 32.2. The van der Waals surface area contributed by atoms with E-state index in [-0.39, 0.29) is 0 Å². The van der Waals surface area contributed by atoms with Crippen LogP contribution in [0.4, 0.5) is 0 Å². The van der Waals surface area contributed by atoms with Gasteiger partial charge in [-0.15, -0.1) is 0 Å². The molecule has 2 rings (SSSR count). The van der Waals surface area contributed by atoms with Gasteiger partial charge in [0.05, 0.1) is 0 Å². The zero-order valence-electron chi connectivity index (χ0n) is 10.8. The third kappa shape index (κ3) is 2.73. The summed E-state index contributed by atoms with van der Waals surface area (Å²) in [5, 5.41) is 4.70. The summed E-state index contributed by atoms with van der Waals surface area (Å²) in [5.74, 6) is 3.09. The summed E-state index contributed by atoms with van der Waals surface area (Å²) in [4.78, 5) is 4.72. The van der Waals surface area contributed by atoms with Gasteiger partial charge in [0.15, 0.2) is 5.17 Å². The van der Waals surface area contributed by atoms with E-state index in [1.807, 2.05) is 11.8 Å². The maximum atomic E-state index is 4.72. The van der Waals surface area contributed by atoms with Crippen LogP contribution < -0.4 is 5.32 Å². The van der Waals surface area contributed by atoms with E-state index in [1.54, 1.807) is 0 Å². The molecule has 0 amide bonds. The van der Waals surface area contributed by atoms with E-state index in [2.05, 4.69) is 26.1 Å². The maximum absolute atomic E-state index is 4.72. The Hall–Kier alpha value is -0.180. The average molecular weight is 240 g/mol. The molecule has 0 spiro atoms. The SMILES string of the molecule is CCC1(CC)CN=C(NCC2CC2C)SC1. The minimum Gasteiger partial charge on any atom is -0.365 e. The van der Waals surface area contributed by atoms with Crippen LogP contribution in [0.5, 0.6) is 0 Å². The van der Waals surface area contributed by atoms with Crippen molar-refractivity contribution in [2.75, 3.05) is 18.8 Å². The van der Waals surface area contributed by atoms with Gasteiger partial charge in [-0.1, -0.05) is 32.5 Å². The van der Waals surface area contributed by atoms with E-state index in [4.69, 9.17) is 4.99 Å². The average Bonchev–Trinajstić information content (AvgIpc) is 3.04. The molecule has 2 unspecified atom stereocenters. The Balaban J connectivity index is 1.78. The molecular formula is C13H24N2S. The second kappa shape index (κ2) is 4.99. The lowest BCUT2D eigenvalue weighted by Gasteiger charge is -2.33. The topological polar surface area (TPSA) is 24.4 Å². The van der Waals surface area contributed by atoms with Gasteiger partial charge in [-0.3, -0.25) is 4.99 Å². The molecule has 1 aliphatic carbocycles. The normalized spacial score (nSPS) is 32.1. The van der Waals surface area contributed by atoms with Gasteiger partial charge in [-0.05, 0) is 36.5 Å². The number of amidine groups is 1. The number of rotatable bonds is 4. The van der Waals surface area contributed by atoms with Crippen molar-refractivity contribution < 1.29 is 0 Å². The van der Waals surface area contributed by atoms with Crippen molar-refractivity contribution in [2.45, 2.75) is 40.0 Å². The second-order valence-corrected chi connectivity index (χ2v) is 6.44. The van der Waals surface area contributed by atoms with Gasteiger partial charge in [0.25, 0.3) is 0 Å². The summed E-state index contributed by atoms with van der Waals surface area (Å²) in [7, 11) is 0. The Morgan fingerprint density at radius 3 is 2.56 bits per heavy atom. The Morgan fingerprint density at radius 2 is 2.12 bits per heavy atom. The van der Waals surface area contributed by atoms with E-state index in [1.165, 1.54) is 30.2 Å². The van der Waals surface area contributed by atoms with Gasteiger partial charge >= 0.3 is 0 Å². The highest BCUT2D eigenvalue weighted by Gasteiger charge is 2.33. The summed E-state index contributed by atoms with van der Waals surface area (Å²) in [6.07, 6.45) is 3.92. The zero-order valence-corrected chi connectivity index (χ0v) is 11.6. The smallest absolute Gasteiger partial charge is 0.156 e. The minimum atomic E-state index is 0.475. The molecule has 2 nitrogen and oxygen atoms in total. The van der Waals surface area contributed by atoms with Crippen molar-refractivity contribution in [1.82, 2.24) is 5.32 Å². The quantitative estimate of drug-likeness (QED) is 0.816. The number of thioether (sulfide) groups is 1. The highest BCUT2D eigenvalue weighted by Crippen LogP contribution is 2.38. The lowest BCUT2D eigenvalue weighted by molar-refractivity contribution is 0.318. The summed E-state index contributed by atoms with van der Waals surface area (Å²) in [5.41, 5.74) is 0.475. The van der Waals surface area contributed by atoms with Gasteiger partial charge in [0, 0.05) is 18.8 Å². The number of nitrogens with zero attached hydrogens (tertiary/aromatic N) is 1. The Morgan fingerprint density at radius 1 is 1.44 bits per heavy atom. The van der Waals surface area contributed by atoms with Crippen molar-refractivity contribution in [3.8, 4) is 0 Å². The van der Waals surface area contributed by atoms with Crippen molar-refractivity contribution in [1.29, 1.82) is 0 Å². The van der Waals surface area contributed by atoms with Gasteiger partial charge in [0.2, 0.25) is 0 Å². The molecule has 92 valence electrons. The fourth-order valence-corrected chi connectivity index (χ4v) is 3.52. The van der Waals surface area contributed by atoms with E-state index < -0.39 is 0 Å². The molecule has 0 bridgehead atoms. The molecule has 0 aromatic carbocycles. The molecule has 1 heterocycles. The molecule has 1 aliphatic heterocycles. The van der Waals surface area contributed by atoms with Crippen LogP contribution in [0.2, 0.25) is 0 Å². The lowest BCUT2D eigenvalue weighted by Crippen LogP contribution is -2.35. The van der Waals surface area contributed by atoms with Crippen molar-refractivity contribution in [3.63, 3.8) is 0 Å². The van der Waals surface area contributed by atoms with E-state index >= 15 is 0 Å². The van der Waals surface area contributed by atoms with Gasteiger partial charge < -0.3 is 5.32 Å². The molecular weight excluding hydrogens is 216 g/mol. The Kier molecular flexibility index (Phi) is 3.83. The van der Waals surface area contributed by atoms with Crippen LogP contribution in [-0.2, 0) is 0 Å². The summed E-state index contributed by atoms with van der Waals surface area (Å²) >= 11 is 1.93. The zero-order chi connectivity index (χ0) is 11.6. The largest absolute Gasteiger partial charge is 0.365 e. The molecule has 0 aromatic heterocycles.